The summed E-state index contributed by atoms with van der Waals surface area (Å²) in [4.78, 5) is 16.8. The summed E-state index contributed by atoms with van der Waals surface area (Å²) >= 11 is 23.8. The molecule has 9 heteroatoms. The fourth-order valence-corrected chi connectivity index (χ4v) is 2.37. The predicted octanol–water partition coefficient (Wildman–Crippen LogP) is 5.03. The molecule has 25 heavy (non-hydrogen) atoms. The van der Waals surface area contributed by atoms with Crippen LogP contribution in [0.15, 0.2) is 48.8 Å². The van der Waals surface area contributed by atoms with Gasteiger partial charge in [-0.3, -0.25) is 4.98 Å². The molecule has 0 fully saturated rings. The smallest absolute Gasteiger partial charge is 0.250 e. The van der Waals surface area contributed by atoms with E-state index in [9.17, 15) is 0 Å². The van der Waals surface area contributed by atoms with Crippen LogP contribution in [0.1, 0.15) is 11.4 Å². The van der Waals surface area contributed by atoms with E-state index < -0.39 is 3.79 Å². The van der Waals surface area contributed by atoms with E-state index in [1.807, 2.05) is 12.1 Å². The van der Waals surface area contributed by atoms with Gasteiger partial charge in [0.1, 0.15) is 0 Å². The molecule has 0 unspecified atom stereocenters. The number of nitrogens with zero attached hydrogens (tertiary/aromatic N) is 4. The molecule has 3 rings (SSSR count). The van der Waals surface area contributed by atoms with Crippen LogP contribution in [0.4, 0.5) is 5.95 Å². The lowest BCUT2D eigenvalue weighted by atomic mass is 10.2. The molecule has 0 aliphatic heterocycles. The van der Waals surface area contributed by atoms with Crippen molar-refractivity contribution in [3.63, 3.8) is 0 Å². The average molecular weight is 415 g/mol. The molecule has 128 valence electrons. The minimum absolute atomic E-state index is 0.0367. The Kier molecular flexibility index (Phi) is 5.59. The van der Waals surface area contributed by atoms with E-state index in [0.717, 1.165) is 11.1 Å². The van der Waals surface area contributed by atoms with Crippen LogP contribution in [0.2, 0.25) is 5.02 Å². The number of hydrogen-bond donors (Lipinski definition) is 1. The molecule has 0 saturated heterocycles. The fourth-order valence-electron chi connectivity index (χ4n) is 1.99. The fraction of sp³-hybridized carbons (Fsp3) is 0.125. The van der Waals surface area contributed by atoms with Crippen LogP contribution in [0.25, 0.3) is 11.4 Å². The molecule has 3 aromatic rings. The van der Waals surface area contributed by atoms with Gasteiger partial charge in [0.2, 0.25) is 9.74 Å². The van der Waals surface area contributed by atoms with Crippen LogP contribution in [-0.4, -0.2) is 19.9 Å². The highest BCUT2D eigenvalue weighted by molar-refractivity contribution is 6.66. The van der Waals surface area contributed by atoms with Crippen LogP contribution in [0, 0.1) is 0 Å². The molecule has 0 radical (unpaired) electrons. The maximum Gasteiger partial charge on any atom is 0.250 e. The van der Waals surface area contributed by atoms with Crippen molar-refractivity contribution in [2.24, 2.45) is 0 Å². The topological polar surface area (TPSA) is 63.6 Å². The van der Waals surface area contributed by atoms with Gasteiger partial charge in [-0.15, -0.1) is 0 Å². The summed E-state index contributed by atoms with van der Waals surface area (Å²) < 4.78 is -1.77. The molecule has 1 aromatic carbocycles. The van der Waals surface area contributed by atoms with Gasteiger partial charge in [-0.05, 0) is 42.0 Å². The molecule has 0 amide bonds. The lowest BCUT2D eigenvalue weighted by Gasteiger charge is -2.13. The Labute approximate surface area is 164 Å². The van der Waals surface area contributed by atoms with Gasteiger partial charge in [0.25, 0.3) is 0 Å². The summed E-state index contributed by atoms with van der Waals surface area (Å²) in [7, 11) is 0. The number of hydrogen-bond acceptors (Lipinski definition) is 5. The molecule has 0 bridgehead atoms. The SMILES string of the molecule is Clc1ccc(-c2nc(NCc3ccncc3)nc(C(Cl)(Cl)Cl)n2)cc1. The Morgan fingerprint density at radius 2 is 1.56 bits per heavy atom. The van der Waals surface area contributed by atoms with E-state index in [1.54, 1.807) is 36.7 Å². The summed E-state index contributed by atoms with van der Waals surface area (Å²) in [6.07, 6.45) is 3.41. The third-order valence-electron chi connectivity index (χ3n) is 3.19. The molecule has 0 atom stereocenters. The number of pyridine rings is 1. The Morgan fingerprint density at radius 3 is 2.20 bits per heavy atom. The second-order valence-electron chi connectivity index (χ2n) is 5.02. The summed E-state index contributed by atoms with van der Waals surface area (Å²) in [5, 5.41) is 3.71. The number of rotatable bonds is 4. The molecular weight excluding hydrogens is 404 g/mol. The van der Waals surface area contributed by atoms with Crippen molar-refractivity contribution in [3.05, 3.63) is 65.2 Å². The zero-order valence-corrected chi connectivity index (χ0v) is 15.7. The number of nitrogens with one attached hydrogen (secondary N) is 1. The normalized spacial score (nSPS) is 11.4. The van der Waals surface area contributed by atoms with Crippen molar-refractivity contribution in [1.29, 1.82) is 0 Å². The molecule has 0 spiro atoms. The summed E-state index contributed by atoms with van der Waals surface area (Å²) in [5.41, 5.74) is 1.74. The van der Waals surface area contributed by atoms with Crippen molar-refractivity contribution in [3.8, 4) is 11.4 Å². The van der Waals surface area contributed by atoms with Gasteiger partial charge in [0.05, 0.1) is 0 Å². The molecule has 2 aromatic heterocycles. The van der Waals surface area contributed by atoms with E-state index in [-0.39, 0.29) is 5.82 Å². The van der Waals surface area contributed by atoms with E-state index in [2.05, 4.69) is 25.3 Å². The Hall–Kier alpha value is -1.66. The first kappa shape index (κ1) is 18.1. The van der Waals surface area contributed by atoms with Crippen molar-refractivity contribution >= 4 is 52.4 Å². The quantitative estimate of drug-likeness (QED) is 0.606. The molecule has 0 aliphatic carbocycles. The first-order chi connectivity index (χ1) is 11.9. The summed E-state index contributed by atoms with van der Waals surface area (Å²) in [5.74, 6) is 0.720. The van der Waals surface area contributed by atoms with Crippen LogP contribution in [0.5, 0.6) is 0 Å². The molecular formula is C16H11Cl4N5. The van der Waals surface area contributed by atoms with Crippen molar-refractivity contribution < 1.29 is 0 Å². The third kappa shape index (κ3) is 4.92. The van der Waals surface area contributed by atoms with Gasteiger partial charge in [-0.1, -0.05) is 46.4 Å². The van der Waals surface area contributed by atoms with Crippen LogP contribution < -0.4 is 5.32 Å². The summed E-state index contributed by atoms with van der Waals surface area (Å²) in [6, 6.07) is 10.8. The zero-order chi connectivity index (χ0) is 17.9. The standard InChI is InChI=1S/C16H11Cl4N5/c17-12-3-1-11(2-4-12)13-23-14(16(18,19)20)25-15(24-13)22-9-10-5-7-21-8-6-10/h1-8H,9H2,(H,22,23,24,25). The Morgan fingerprint density at radius 1 is 0.880 bits per heavy atom. The number of anilines is 1. The van der Waals surface area contributed by atoms with Crippen LogP contribution >= 0.6 is 46.4 Å². The first-order valence-electron chi connectivity index (χ1n) is 7.14. The van der Waals surface area contributed by atoms with E-state index in [1.165, 1.54) is 0 Å². The second-order valence-corrected chi connectivity index (χ2v) is 7.74. The van der Waals surface area contributed by atoms with Crippen LogP contribution in [-0.2, 0) is 10.3 Å². The highest BCUT2D eigenvalue weighted by atomic mass is 35.6. The average Bonchev–Trinajstić information content (AvgIpc) is 2.60. The highest BCUT2D eigenvalue weighted by Gasteiger charge is 2.28. The van der Waals surface area contributed by atoms with Gasteiger partial charge in [-0.25, -0.2) is 4.98 Å². The lowest BCUT2D eigenvalue weighted by Crippen LogP contribution is -2.13. The number of alkyl halides is 3. The number of benzene rings is 1. The molecule has 5 nitrogen and oxygen atoms in total. The second kappa shape index (κ2) is 7.70. The molecule has 0 saturated carbocycles. The highest BCUT2D eigenvalue weighted by Crippen LogP contribution is 2.36. The van der Waals surface area contributed by atoms with Gasteiger partial charge in [0.15, 0.2) is 11.6 Å². The number of halogens is 4. The molecule has 0 aliphatic rings. The van der Waals surface area contributed by atoms with E-state index in [0.29, 0.717) is 23.3 Å². The Bertz CT molecular complexity index is 851. The van der Waals surface area contributed by atoms with Gasteiger partial charge in [-0.2, -0.15) is 9.97 Å². The van der Waals surface area contributed by atoms with Gasteiger partial charge >= 0.3 is 0 Å². The third-order valence-corrected chi connectivity index (χ3v) is 3.95. The minimum atomic E-state index is -1.77. The van der Waals surface area contributed by atoms with Crippen molar-refractivity contribution in [2.75, 3.05) is 5.32 Å². The lowest BCUT2D eigenvalue weighted by molar-refractivity contribution is 0.913. The van der Waals surface area contributed by atoms with Crippen molar-refractivity contribution in [2.45, 2.75) is 10.3 Å². The number of aromatic nitrogens is 4. The van der Waals surface area contributed by atoms with E-state index >= 15 is 0 Å². The maximum atomic E-state index is 5.95. The van der Waals surface area contributed by atoms with Gasteiger partial charge in [0, 0.05) is 29.5 Å². The van der Waals surface area contributed by atoms with Crippen molar-refractivity contribution in [1.82, 2.24) is 19.9 Å². The van der Waals surface area contributed by atoms with E-state index in [4.69, 9.17) is 46.4 Å². The minimum Gasteiger partial charge on any atom is -0.350 e. The predicted molar refractivity (Wildman–Crippen MR) is 101 cm³/mol. The first-order valence-corrected chi connectivity index (χ1v) is 8.65. The summed E-state index contributed by atoms with van der Waals surface area (Å²) in [6.45, 7) is 0.492. The molecule has 2 heterocycles. The monoisotopic (exact) mass is 413 g/mol. The van der Waals surface area contributed by atoms with Gasteiger partial charge < -0.3 is 5.32 Å². The maximum absolute atomic E-state index is 5.95. The van der Waals surface area contributed by atoms with Crippen LogP contribution in [0.3, 0.4) is 0 Å². The Balaban J connectivity index is 1.94. The molecule has 1 N–H and O–H groups in total. The largest absolute Gasteiger partial charge is 0.350 e. The zero-order valence-electron chi connectivity index (χ0n) is 12.6.